The van der Waals surface area contributed by atoms with E-state index >= 15 is 0 Å². The van der Waals surface area contributed by atoms with Crippen LogP contribution in [0.1, 0.15) is 24.4 Å². The molecule has 0 bridgehead atoms. The van der Waals surface area contributed by atoms with E-state index in [-0.39, 0.29) is 15.8 Å². The monoisotopic (exact) mass is 427 g/mol. The van der Waals surface area contributed by atoms with E-state index in [1.807, 2.05) is 0 Å². The van der Waals surface area contributed by atoms with Crippen LogP contribution in [0.4, 0.5) is 18.9 Å². The van der Waals surface area contributed by atoms with Gasteiger partial charge in [0.1, 0.15) is 6.33 Å². The molecule has 1 aromatic carbocycles. The van der Waals surface area contributed by atoms with Gasteiger partial charge in [0, 0.05) is 12.4 Å². The number of halogens is 4. The second-order valence-electron chi connectivity index (χ2n) is 5.59. The smallest absolute Gasteiger partial charge is 0.353 e. The predicted molar refractivity (Wildman–Crippen MR) is 101 cm³/mol. The fourth-order valence-corrected chi connectivity index (χ4v) is 2.83. The third-order valence-corrected chi connectivity index (χ3v) is 4.13. The number of nitrogens with zero attached hydrogens (tertiary/aromatic N) is 5. The highest BCUT2D eigenvalue weighted by Crippen LogP contribution is 2.33. The zero-order chi connectivity index (χ0) is 20.3. The minimum absolute atomic E-state index is 0.104. The van der Waals surface area contributed by atoms with Crippen molar-refractivity contribution >= 4 is 34.6 Å². The molecule has 146 valence electrons. The fourth-order valence-electron chi connectivity index (χ4n) is 2.31. The largest absolute Gasteiger partial charge is 0.416 e. The summed E-state index contributed by atoms with van der Waals surface area (Å²) in [7, 11) is 0. The van der Waals surface area contributed by atoms with Crippen LogP contribution >= 0.6 is 23.8 Å². The zero-order valence-corrected chi connectivity index (χ0v) is 15.8. The first-order valence-electron chi connectivity index (χ1n) is 7.87. The van der Waals surface area contributed by atoms with Gasteiger partial charge in [-0.15, -0.1) is 0 Å². The lowest BCUT2D eigenvalue weighted by Crippen LogP contribution is -2.32. The Bertz CT molecular complexity index is 978. The number of aromatic nitrogens is 5. The third kappa shape index (κ3) is 4.54. The van der Waals surface area contributed by atoms with Gasteiger partial charge >= 0.3 is 6.18 Å². The van der Waals surface area contributed by atoms with Crippen molar-refractivity contribution in [2.75, 3.05) is 5.32 Å². The summed E-state index contributed by atoms with van der Waals surface area (Å²) in [5, 5.41) is 9.89. The molecule has 12 heteroatoms. The maximum atomic E-state index is 12.7. The Morgan fingerprint density at radius 1 is 1.21 bits per heavy atom. The van der Waals surface area contributed by atoms with Crippen molar-refractivity contribution in [3.8, 4) is 5.95 Å². The summed E-state index contributed by atoms with van der Waals surface area (Å²) >= 11 is 11.1. The highest BCUT2D eigenvalue weighted by Gasteiger charge is 2.31. The number of alkyl halides is 3. The summed E-state index contributed by atoms with van der Waals surface area (Å²) in [6.45, 7) is 1.78. The van der Waals surface area contributed by atoms with Crippen molar-refractivity contribution in [2.45, 2.75) is 19.1 Å². The molecule has 0 aliphatic rings. The SMILES string of the molecule is C[C@H](NC(=S)Nc1ccc(C(F)(F)F)cc1Cl)c1ncnn1-c1ncccn1. The Labute approximate surface area is 168 Å². The predicted octanol–water partition coefficient (Wildman–Crippen LogP) is 3.78. The molecule has 2 aromatic heterocycles. The normalized spacial score (nSPS) is 12.5. The van der Waals surface area contributed by atoms with Crippen LogP contribution < -0.4 is 10.6 Å². The number of hydrogen-bond donors (Lipinski definition) is 2. The molecule has 7 nitrogen and oxygen atoms in total. The van der Waals surface area contributed by atoms with E-state index in [1.54, 1.807) is 25.4 Å². The molecular weight excluding hydrogens is 415 g/mol. The summed E-state index contributed by atoms with van der Waals surface area (Å²) in [5.74, 6) is 0.835. The number of nitrogens with one attached hydrogen (secondary N) is 2. The van der Waals surface area contributed by atoms with E-state index < -0.39 is 17.8 Å². The van der Waals surface area contributed by atoms with Gasteiger partial charge < -0.3 is 10.6 Å². The molecule has 0 amide bonds. The summed E-state index contributed by atoms with van der Waals surface area (Å²) in [6, 6.07) is 4.24. The molecular formula is C16H13ClF3N7S. The van der Waals surface area contributed by atoms with Crippen LogP contribution in [0.2, 0.25) is 5.02 Å². The number of thiocarbonyl (C=S) groups is 1. The van der Waals surface area contributed by atoms with Crippen molar-refractivity contribution in [1.29, 1.82) is 0 Å². The number of anilines is 1. The van der Waals surface area contributed by atoms with Gasteiger partial charge in [0.25, 0.3) is 5.95 Å². The summed E-state index contributed by atoms with van der Waals surface area (Å²) in [6.07, 6.45) is 0.0292. The van der Waals surface area contributed by atoms with Gasteiger partial charge in [-0.2, -0.15) is 23.0 Å². The van der Waals surface area contributed by atoms with Gasteiger partial charge in [-0.1, -0.05) is 11.6 Å². The van der Waals surface area contributed by atoms with Crippen molar-refractivity contribution in [3.05, 3.63) is 59.4 Å². The van der Waals surface area contributed by atoms with Gasteiger partial charge in [0.05, 0.1) is 22.3 Å². The van der Waals surface area contributed by atoms with Crippen LogP contribution in [0.25, 0.3) is 5.95 Å². The second-order valence-corrected chi connectivity index (χ2v) is 6.41. The van der Waals surface area contributed by atoms with Crippen LogP contribution in [0, 0.1) is 0 Å². The number of hydrogen-bond acceptors (Lipinski definition) is 5. The quantitative estimate of drug-likeness (QED) is 0.613. The van der Waals surface area contributed by atoms with Crippen molar-refractivity contribution in [3.63, 3.8) is 0 Å². The van der Waals surface area contributed by atoms with E-state index in [9.17, 15) is 13.2 Å². The van der Waals surface area contributed by atoms with Crippen molar-refractivity contribution < 1.29 is 13.2 Å². The maximum absolute atomic E-state index is 12.7. The van der Waals surface area contributed by atoms with E-state index in [1.165, 1.54) is 17.1 Å². The first-order chi connectivity index (χ1) is 13.3. The van der Waals surface area contributed by atoms with Gasteiger partial charge in [-0.25, -0.2) is 15.0 Å². The molecule has 0 aliphatic heterocycles. The van der Waals surface area contributed by atoms with Crippen LogP contribution in [-0.2, 0) is 6.18 Å². The lowest BCUT2D eigenvalue weighted by molar-refractivity contribution is -0.137. The minimum atomic E-state index is -4.47. The van der Waals surface area contributed by atoms with E-state index in [0.29, 0.717) is 11.8 Å². The first-order valence-corrected chi connectivity index (χ1v) is 8.66. The van der Waals surface area contributed by atoms with Crippen LogP contribution in [-0.4, -0.2) is 29.8 Å². The lowest BCUT2D eigenvalue weighted by Gasteiger charge is -2.17. The van der Waals surface area contributed by atoms with E-state index in [4.69, 9.17) is 23.8 Å². The summed E-state index contributed by atoms with van der Waals surface area (Å²) in [5.41, 5.74) is -0.599. The fraction of sp³-hybridized carbons (Fsp3) is 0.188. The Kier molecular flexibility index (Phi) is 5.75. The van der Waals surface area contributed by atoms with Gasteiger partial charge in [-0.05, 0) is 43.4 Å². The Balaban J connectivity index is 1.70. The third-order valence-electron chi connectivity index (χ3n) is 3.60. The Morgan fingerprint density at radius 3 is 2.57 bits per heavy atom. The molecule has 1 atom stereocenters. The Morgan fingerprint density at radius 2 is 1.93 bits per heavy atom. The van der Waals surface area contributed by atoms with Gasteiger partial charge in [0.2, 0.25) is 0 Å². The van der Waals surface area contributed by atoms with E-state index in [0.717, 1.165) is 12.1 Å². The molecule has 2 heterocycles. The van der Waals surface area contributed by atoms with Gasteiger partial charge in [0.15, 0.2) is 10.9 Å². The highest BCUT2D eigenvalue weighted by molar-refractivity contribution is 7.80. The summed E-state index contributed by atoms with van der Waals surface area (Å²) in [4.78, 5) is 12.4. The molecule has 0 unspecified atom stereocenters. The van der Waals surface area contributed by atoms with Crippen molar-refractivity contribution in [2.24, 2.45) is 0 Å². The number of benzene rings is 1. The highest BCUT2D eigenvalue weighted by atomic mass is 35.5. The maximum Gasteiger partial charge on any atom is 0.416 e. The zero-order valence-electron chi connectivity index (χ0n) is 14.3. The minimum Gasteiger partial charge on any atom is -0.353 e. The molecule has 0 fully saturated rings. The standard InChI is InChI=1S/C16H13ClF3N7S/c1-9(13-23-8-24-27(13)14-21-5-2-6-22-14)25-15(28)26-12-4-3-10(7-11(12)17)16(18,19)20/h2-9H,1H3,(H2,25,26,28)/t9-/m0/s1. The molecule has 0 spiro atoms. The number of rotatable bonds is 4. The average molecular weight is 428 g/mol. The lowest BCUT2D eigenvalue weighted by atomic mass is 10.2. The van der Waals surface area contributed by atoms with Crippen LogP contribution in [0.3, 0.4) is 0 Å². The topological polar surface area (TPSA) is 80.5 Å². The molecule has 3 aromatic rings. The summed E-state index contributed by atoms with van der Waals surface area (Å²) < 4.78 is 39.6. The molecule has 3 rings (SSSR count). The van der Waals surface area contributed by atoms with Crippen molar-refractivity contribution in [1.82, 2.24) is 30.0 Å². The molecule has 2 N–H and O–H groups in total. The first kappa shape index (κ1) is 20.0. The van der Waals surface area contributed by atoms with Gasteiger partial charge in [-0.3, -0.25) is 0 Å². The van der Waals surface area contributed by atoms with E-state index in [2.05, 4.69) is 30.7 Å². The second kappa shape index (κ2) is 8.07. The van der Waals surface area contributed by atoms with Crippen LogP contribution in [0.15, 0.2) is 43.0 Å². The average Bonchev–Trinajstić information content (AvgIpc) is 3.13. The molecule has 0 aliphatic carbocycles. The van der Waals surface area contributed by atoms with Crippen LogP contribution in [0.5, 0.6) is 0 Å². The molecule has 28 heavy (non-hydrogen) atoms. The molecule has 0 radical (unpaired) electrons. The molecule has 0 saturated carbocycles. The molecule has 0 saturated heterocycles. The Hall–Kier alpha value is -2.79.